The average molecular weight is 228 g/mol. The van der Waals surface area contributed by atoms with Gasteiger partial charge < -0.3 is 20.1 Å². The predicted molar refractivity (Wildman–Crippen MR) is 59.1 cm³/mol. The number of carbonyl (C=O) groups excluding carboxylic acids is 1. The second kappa shape index (κ2) is 4.59. The van der Waals surface area contributed by atoms with Crippen molar-refractivity contribution in [3.8, 4) is 0 Å². The third-order valence-corrected chi connectivity index (χ3v) is 3.70. The van der Waals surface area contributed by atoms with Crippen LogP contribution in [0.3, 0.4) is 0 Å². The molecule has 16 heavy (non-hydrogen) atoms. The van der Waals surface area contributed by atoms with Gasteiger partial charge in [-0.3, -0.25) is 0 Å². The molecule has 2 rings (SSSR count). The van der Waals surface area contributed by atoms with Gasteiger partial charge in [0, 0.05) is 38.6 Å². The molecule has 2 atom stereocenters. The minimum absolute atomic E-state index is 0.0291. The van der Waals surface area contributed by atoms with E-state index in [1.165, 1.54) is 0 Å². The second-order valence-corrected chi connectivity index (χ2v) is 4.72. The van der Waals surface area contributed by atoms with Gasteiger partial charge in [0.2, 0.25) is 0 Å². The summed E-state index contributed by atoms with van der Waals surface area (Å²) in [6.07, 6.45) is 2.56. The summed E-state index contributed by atoms with van der Waals surface area (Å²) in [6, 6.07) is 0.173. The van der Waals surface area contributed by atoms with Gasteiger partial charge in [0.1, 0.15) is 6.10 Å². The van der Waals surface area contributed by atoms with Crippen molar-refractivity contribution in [2.45, 2.75) is 50.5 Å². The number of likely N-dealkylation sites (tertiary alicyclic amines) is 1. The lowest BCUT2D eigenvalue weighted by molar-refractivity contribution is -0.0642. The molecule has 5 heteroatoms. The number of carbonyl (C=O) groups is 1. The summed E-state index contributed by atoms with van der Waals surface area (Å²) >= 11 is 0. The Morgan fingerprint density at radius 1 is 1.38 bits per heavy atom. The summed E-state index contributed by atoms with van der Waals surface area (Å²) in [5.41, 5.74) is 5.86. The van der Waals surface area contributed by atoms with Crippen molar-refractivity contribution in [2.24, 2.45) is 5.73 Å². The van der Waals surface area contributed by atoms with Crippen molar-refractivity contribution in [1.82, 2.24) is 4.90 Å². The quantitative estimate of drug-likeness (QED) is 0.756. The molecular weight excluding hydrogens is 208 g/mol. The third kappa shape index (κ3) is 2.15. The molecule has 0 radical (unpaired) electrons. The maximum absolute atomic E-state index is 11.8. The van der Waals surface area contributed by atoms with Gasteiger partial charge in [-0.25, -0.2) is 4.79 Å². The first-order chi connectivity index (χ1) is 7.61. The first-order valence-electron chi connectivity index (χ1n) is 5.87. The zero-order chi connectivity index (χ0) is 11.7. The number of amides is 1. The molecule has 5 nitrogen and oxygen atoms in total. The number of nitrogens with zero attached hydrogens (tertiary/aromatic N) is 1. The Hall–Kier alpha value is -0.810. The molecule has 2 N–H and O–H groups in total. The van der Waals surface area contributed by atoms with Crippen molar-refractivity contribution in [3.63, 3.8) is 0 Å². The molecule has 0 aromatic carbocycles. The van der Waals surface area contributed by atoms with E-state index in [0.717, 1.165) is 19.3 Å². The molecule has 0 spiro atoms. The summed E-state index contributed by atoms with van der Waals surface area (Å²) in [5, 5.41) is 0. The Kier molecular flexibility index (Phi) is 3.35. The number of hydrogen-bond donors (Lipinski definition) is 1. The van der Waals surface area contributed by atoms with Crippen molar-refractivity contribution < 1.29 is 14.3 Å². The molecule has 0 aromatic heterocycles. The smallest absolute Gasteiger partial charge is 0.410 e. The summed E-state index contributed by atoms with van der Waals surface area (Å²) in [5.74, 6) is 0. The lowest BCUT2D eigenvalue weighted by atomic mass is 9.92. The highest BCUT2D eigenvalue weighted by atomic mass is 16.6. The molecule has 2 aliphatic rings. The standard InChI is InChI=1S/C11H20N2O3/c1-7-10(12)3-4-13(7)11(14)16-9-5-8(6-9)15-2/h7-10H,3-6,12H2,1-2H3. The van der Waals surface area contributed by atoms with E-state index in [-0.39, 0.29) is 30.4 Å². The number of nitrogens with two attached hydrogens (primary N) is 1. The fraction of sp³-hybridized carbons (Fsp3) is 0.909. The average Bonchev–Trinajstić information content (AvgIpc) is 2.53. The third-order valence-electron chi connectivity index (χ3n) is 3.70. The normalized spacial score (nSPS) is 38.3. The fourth-order valence-electron chi connectivity index (χ4n) is 2.24. The highest BCUT2D eigenvalue weighted by Crippen LogP contribution is 2.27. The minimum Gasteiger partial charge on any atom is -0.446 e. The molecule has 2 unspecified atom stereocenters. The van der Waals surface area contributed by atoms with Gasteiger partial charge in [0.05, 0.1) is 6.10 Å². The summed E-state index contributed by atoms with van der Waals surface area (Å²) in [4.78, 5) is 13.5. The van der Waals surface area contributed by atoms with Crippen molar-refractivity contribution in [3.05, 3.63) is 0 Å². The largest absolute Gasteiger partial charge is 0.446 e. The molecule has 2 fully saturated rings. The van der Waals surface area contributed by atoms with E-state index in [0.29, 0.717) is 6.54 Å². The highest BCUT2D eigenvalue weighted by Gasteiger charge is 2.37. The molecule has 1 saturated carbocycles. The Morgan fingerprint density at radius 3 is 2.56 bits per heavy atom. The van der Waals surface area contributed by atoms with Gasteiger partial charge in [-0.1, -0.05) is 0 Å². The van der Waals surface area contributed by atoms with Gasteiger partial charge in [-0.15, -0.1) is 0 Å². The molecule has 0 aromatic rings. The summed E-state index contributed by atoms with van der Waals surface area (Å²) in [7, 11) is 1.68. The molecule has 1 heterocycles. The lowest BCUT2D eigenvalue weighted by Crippen LogP contribution is -2.45. The summed E-state index contributed by atoms with van der Waals surface area (Å²) in [6.45, 7) is 2.68. The zero-order valence-electron chi connectivity index (χ0n) is 9.89. The van der Waals surface area contributed by atoms with Gasteiger partial charge >= 0.3 is 6.09 Å². The topological polar surface area (TPSA) is 64.8 Å². The molecule has 92 valence electrons. The van der Waals surface area contributed by atoms with Gasteiger partial charge in [0.15, 0.2) is 0 Å². The summed E-state index contributed by atoms with van der Waals surface area (Å²) < 4.78 is 10.5. The maximum Gasteiger partial charge on any atom is 0.410 e. The highest BCUT2D eigenvalue weighted by molar-refractivity contribution is 5.68. The Balaban J connectivity index is 1.77. The number of ether oxygens (including phenoxy) is 2. The first kappa shape index (κ1) is 11.7. The molecule has 0 bridgehead atoms. The van der Waals surface area contributed by atoms with E-state index in [4.69, 9.17) is 15.2 Å². The van der Waals surface area contributed by atoms with Crippen LogP contribution in [0.2, 0.25) is 0 Å². The van der Waals surface area contributed by atoms with Crippen LogP contribution in [0.5, 0.6) is 0 Å². The van der Waals surface area contributed by atoms with E-state index in [2.05, 4.69) is 0 Å². The zero-order valence-corrected chi connectivity index (χ0v) is 9.89. The van der Waals surface area contributed by atoms with Gasteiger partial charge in [0.25, 0.3) is 0 Å². The molecular formula is C11H20N2O3. The van der Waals surface area contributed by atoms with Gasteiger partial charge in [-0.2, -0.15) is 0 Å². The van der Waals surface area contributed by atoms with E-state index < -0.39 is 0 Å². The van der Waals surface area contributed by atoms with Crippen LogP contribution in [-0.4, -0.2) is 48.9 Å². The molecule has 1 aliphatic heterocycles. The number of rotatable bonds is 2. The van der Waals surface area contributed by atoms with Crippen LogP contribution in [0.4, 0.5) is 4.79 Å². The maximum atomic E-state index is 11.8. The Labute approximate surface area is 95.9 Å². The minimum atomic E-state index is -0.222. The van der Waals surface area contributed by atoms with Gasteiger partial charge in [-0.05, 0) is 13.3 Å². The van der Waals surface area contributed by atoms with Crippen molar-refractivity contribution in [1.29, 1.82) is 0 Å². The van der Waals surface area contributed by atoms with Crippen molar-refractivity contribution >= 4 is 6.09 Å². The predicted octanol–water partition coefficient (Wildman–Crippen LogP) is 0.722. The monoisotopic (exact) mass is 228 g/mol. The first-order valence-corrected chi connectivity index (χ1v) is 5.87. The molecule has 1 amide bonds. The fourth-order valence-corrected chi connectivity index (χ4v) is 2.24. The second-order valence-electron chi connectivity index (χ2n) is 4.72. The number of methoxy groups -OCH3 is 1. The molecule has 1 saturated heterocycles. The molecule has 1 aliphatic carbocycles. The Bertz CT molecular complexity index is 266. The lowest BCUT2D eigenvalue weighted by Gasteiger charge is -2.35. The van der Waals surface area contributed by atoms with Crippen LogP contribution in [0.1, 0.15) is 26.2 Å². The van der Waals surface area contributed by atoms with Crippen LogP contribution in [0, 0.1) is 0 Å². The number of hydrogen-bond acceptors (Lipinski definition) is 4. The van der Waals surface area contributed by atoms with E-state index in [1.54, 1.807) is 12.0 Å². The van der Waals surface area contributed by atoms with E-state index in [1.807, 2.05) is 6.92 Å². The van der Waals surface area contributed by atoms with E-state index in [9.17, 15) is 4.79 Å². The van der Waals surface area contributed by atoms with E-state index >= 15 is 0 Å². The van der Waals surface area contributed by atoms with Crippen LogP contribution >= 0.6 is 0 Å². The van der Waals surface area contributed by atoms with Crippen LogP contribution in [0.25, 0.3) is 0 Å². The van der Waals surface area contributed by atoms with Crippen molar-refractivity contribution in [2.75, 3.05) is 13.7 Å². The van der Waals surface area contributed by atoms with Crippen LogP contribution in [0.15, 0.2) is 0 Å². The SMILES string of the molecule is COC1CC(OC(=O)N2CCC(N)C2C)C1. The van der Waals surface area contributed by atoms with Crippen LogP contribution in [-0.2, 0) is 9.47 Å². The van der Waals surface area contributed by atoms with Crippen LogP contribution < -0.4 is 5.73 Å². The Morgan fingerprint density at radius 2 is 2.06 bits per heavy atom.